The van der Waals surface area contributed by atoms with Crippen molar-refractivity contribution in [1.82, 2.24) is 0 Å². The Morgan fingerprint density at radius 2 is 1.50 bits per heavy atom. The molecule has 0 heterocycles. The Balaban J connectivity index is -0.00000000667. The number of rotatable bonds is 0. The summed E-state index contributed by atoms with van der Waals surface area (Å²) in [6, 6.07) is 0. The van der Waals surface area contributed by atoms with Gasteiger partial charge in [0, 0.05) is 0 Å². The molecule has 0 bridgehead atoms. The van der Waals surface area contributed by atoms with Crippen LogP contribution in [0.3, 0.4) is 0 Å². The Hall–Kier alpha value is 1.29. The van der Waals surface area contributed by atoms with Crippen molar-refractivity contribution in [2.75, 3.05) is 0 Å². The van der Waals surface area contributed by atoms with E-state index in [-0.39, 0.29) is 56.2 Å². The first-order chi connectivity index (χ1) is 1.41. The zero-order valence-electron chi connectivity index (χ0n) is 3.46. The molecule has 0 aliphatic rings. The van der Waals surface area contributed by atoms with Gasteiger partial charge in [0.25, 0.3) is 0 Å². The second kappa shape index (κ2) is 33.5. The fraction of sp³-hybridized carbons (Fsp3) is 0. The van der Waals surface area contributed by atoms with Crippen LogP contribution in [0.5, 0.6) is 0 Å². The van der Waals surface area contributed by atoms with E-state index in [1.54, 1.807) is 0 Å². The molecule has 0 aromatic rings. The maximum absolute atomic E-state index is 8.36. The van der Waals surface area contributed by atoms with E-state index in [1.165, 1.54) is 0 Å². The predicted octanol–water partition coefficient (Wildman–Crippen LogP) is -6.11. The summed E-state index contributed by atoms with van der Waals surface area (Å²) in [5.74, 6) is 0. The van der Waals surface area contributed by atoms with Gasteiger partial charge in [0.2, 0.25) is 0 Å². The average Bonchev–Trinajstić information content (AvgIpc) is 0.918. The largest absolute Gasteiger partial charge is 1.00 e. The summed E-state index contributed by atoms with van der Waals surface area (Å²) in [5.41, 5.74) is 0. The minimum Gasteiger partial charge on any atom is -0.870 e. The molecule has 0 atom stereocenters. The molecule has 2 N–H and O–H groups in total. The Morgan fingerprint density at radius 3 is 1.50 bits per heavy atom. The predicted molar refractivity (Wildman–Crippen MR) is 21.5 cm³/mol. The standard InChI is InChI=1S/BHO2.Na.H2O.H2S/c2-1-3;;;/h2H;;2*1H2/q-1;+1;;. The van der Waals surface area contributed by atoms with E-state index < -0.39 is 0 Å². The van der Waals surface area contributed by atoms with Gasteiger partial charge in [-0.15, -0.1) is 0 Å². The Bertz CT molecular complexity index is 10.8. The quantitative estimate of drug-likeness (QED) is 0.254. The SMILES string of the molecule is [Na+].[O-][B]O.[OH-].[SH3+]. The third kappa shape index (κ3) is 58.2. The van der Waals surface area contributed by atoms with E-state index in [4.69, 9.17) is 10.0 Å². The summed E-state index contributed by atoms with van der Waals surface area (Å²) in [6.45, 7) is 0. The smallest absolute Gasteiger partial charge is 0.870 e. The molecule has 6 heteroatoms. The van der Waals surface area contributed by atoms with E-state index in [1.807, 2.05) is 0 Å². The second-order valence-corrected chi connectivity index (χ2v) is 0.105. The minimum atomic E-state index is -0.250. The number of hydrogen-bond donors (Lipinski definition) is 1. The van der Waals surface area contributed by atoms with Gasteiger partial charge < -0.3 is 15.5 Å². The topological polar surface area (TPSA) is 73.3 Å². The third-order valence-corrected chi connectivity index (χ3v) is 0. The van der Waals surface area contributed by atoms with Crippen molar-refractivity contribution in [3.05, 3.63) is 0 Å². The summed E-state index contributed by atoms with van der Waals surface area (Å²) in [5, 5.41) is 15.2. The summed E-state index contributed by atoms with van der Waals surface area (Å²) >= 11 is 0. The fourth-order valence-electron chi connectivity index (χ4n) is 0. The first-order valence-corrected chi connectivity index (χ1v) is 0.494. The molecule has 0 aliphatic heterocycles. The Labute approximate surface area is 66.1 Å². The van der Waals surface area contributed by atoms with Gasteiger partial charge in [-0.1, -0.05) is 13.5 Å². The third-order valence-electron chi connectivity index (χ3n) is 0. The molecule has 0 aromatic carbocycles. The molecule has 1 radical (unpaired) electrons. The molecule has 0 amide bonds. The van der Waals surface area contributed by atoms with Crippen LogP contribution in [0.15, 0.2) is 0 Å². The molecule has 0 rings (SSSR count). The normalized spacial score (nSPS) is 2.33. The van der Waals surface area contributed by atoms with Crippen molar-refractivity contribution in [2.24, 2.45) is 0 Å². The maximum Gasteiger partial charge on any atom is 1.00 e. The van der Waals surface area contributed by atoms with Crippen LogP contribution in [0.25, 0.3) is 0 Å². The van der Waals surface area contributed by atoms with Gasteiger partial charge in [-0.2, -0.15) is 0 Å². The van der Waals surface area contributed by atoms with E-state index in [0.29, 0.717) is 0 Å². The first-order valence-electron chi connectivity index (χ1n) is 0.494. The van der Waals surface area contributed by atoms with E-state index >= 15 is 0 Å². The second-order valence-electron chi connectivity index (χ2n) is 0.105. The van der Waals surface area contributed by atoms with Gasteiger partial charge >= 0.3 is 29.6 Å². The molecule has 3 nitrogen and oxygen atoms in total. The van der Waals surface area contributed by atoms with Crippen LogP contribution in [0, 0.1) is 0 Å². The van der Waals surface area contributed by atoms with E-state index in [9.17, 15) is 0 Å². The number of hydrogen-bond acceptors (Lipinski definition) is 3. The molecule has 0 aliphatic carbocycles. The fourth-order valence-corrected chi connectivity index (χ4v) is 0. The van der Waals surface area contributed by atoms with Crippen LogP contribution in [-0.2, 0) is 13.5 Å². The van der Waals surface area contributed by atoms with Crippen LogP contribution < -0.4 is 34.6 Å². The summed E-state index contributed by atoms with van der Waals surface area (Å²) < 4.78 is 0. The maximum atomic E-state index is 8.36. The van der Waals surface area contributed by atoms with Crippen molar-refractivity contribution in [2.45, 2.75) is 0 Å². The van der Waals surface area contributed by atoms with Crippen molar-refractivity contribution in [1.29, 1.82) is 0 Å². The zero-order valence-corrected chi connectivity index (χ0v) is 6.61. The molecule has 6 heavy (non-hydrogen) atoms. The summed E-state index contributed by atoms with van der Waals surface area (Å²) in [7, 11) is -0.250. The van der Waals surface area contributed by atoms with Crippen LogP contribution in [-0.4, -0.2) is 18.2 Å². The molecule has 33 valence electrons. The first kappa shape index (κ1) is 26.6. The van der Waals surface area contributed by atoms with E-state index in [2.05, 4.69) is 0 Å². The van der Waals surface area contributed by atoms with Gasteiger partial charge in [0.1, 0.15) is 0 Å². The Morgan fingerprint density at radius 1 is 1.50 bits per heavy atom. The molecule has 0 unspecified atom stereocenters. The average molecular weight is 119 g/mol. The monoisotopic (exact) mass is 119 g/mol. The van der Waals surface area contributed by atoms with Crippen molar-refractivity contribution >= 4 is 21.2 Å². The van der Waals surface area contributed by atoms with Crippen LogP contribution >= 0.6 is 0 Å². The van der Waals surface area contributed by atoms with Crippen LogP contribution in [0.4, 0.5) is 0 Å². The van der Waals surface area contributed by atoms with E-state index in [0.717, 1.165) is 0 Å². The molecule has 0 aromatic heterocycles. The molecular formula is H5BNaO3S. The zero-order chi connectivity index (χ0) is 2.71. The van der Waals surface area contributed by atoms with Gasteiger partial charge in [0.05, 0.1) is 0 Å². The van der Waals surface area contributed by atoms with Crippen molar-refractivity contribution < 1.29 is 45.1 Å². The molecular weight excluding hydrogens is 114 g/mol. The van der Waals surface area contributed by atoms with Gasteiger partial charge in [-0.05, 0) is 0 Å². The molecule has 0 saturated heterocycles. The summed E-state index contributed by atoms with van der Waals surface area (Å²) in [4.78, 5) is 0. The van der Waals surface area contributed by atoms with Crippen LogP contribution in [0.1, 0.15) is 0 Å². The van der Waals surface area contributed by atoms with Crippen LogP contribution in [0.2, 0.25) is 0 Å². The molecule has 0 saturated carbocycles. The Kier molecular flexibility index (Phi) is 149. The van der Waals surface area contributed by atoms with Gasteiger partial charge in [-0.3, -0.25) is 0 Å². The summed E-state index contributed by atoms with van der Waals surface area (Å²) in [6.07, 6.45) is 0. The minimum absolute atomic E-state index is 0. The van der Waals surface area contributed by atoms with Crippen molar-refractivity contribution in [3.63, 3.8) is 0 Å². The molecule has 0 spiro atoms. The van der Waals surface area contributed by atoms with Crippen molar-refractivity contribution in [3.8, 4) is 0 Å². The van der Waals surface area contributed by atoms with Gasteiger partial charge in [-0.25, -0.2) is 0 Å². The van der Waals surface area contributed by atoms with Gasteiger partial charge in [0.15, 0.2) is 7.69 Å². The molecule has 0 fully saturated rings.